The van der Waals surface area contributed by atoms with Gasteiger partial charge < -0.3 is 20.9 Å². The molecule has 0 saturated carbocycles. The number of rotatable bonds is 8. The van der Waals surface area contributed by atoms with E-state index in [1.165, 1.54) is 24.3 Å². The summed E-state index contributed by atoms with van der Waals surface area (Å²) in [5, 5.41) is 22.3. The minimum atomic E-state index is -1.09. The zero-order valence-corrected chi connectivity index (χ0v) is 17.9. The molecule has 0 bridgehead atoms. The molecule has 3 aromatic rings. The second-order valence-electron chi connectivity index (χ2n) is 6.32. The number of ether oxygens (including phenoxy) is 1. The number of hydrogen-bond acceptors (Lipinski definition) is 7. The molecule has 1 aromatic heterocycles. The van der Waals surface area contributed by atoms with Crippen LogP contribution in [-0.2, 0) is 11.2 Å². The Morgan fingerprint density at radius 2 is 1.88 bits per heavy atom. The zero-order valence-electron chi connectivity index (χ0n) is 16.3. The Balaban J connectivity index is 0.00000256. The maximum atomic E-state index is 14.4. The first-order valence-electron chi connectivity index (χ1n) is 8.74. The molecule has 0 spiro atoms. The molecule has 0 fully saturated rings. The number of benzene rings is 2. The lowest BCUT2D eigenvalue weighted by molar-refractivity contribution is -0.385. The number of carbonyl (C=O) groups is 1. The maximum Gasteiger partial charge on any atom is 0.320 e. The van der Waals surface area contributed by atoms with Crippen LogP contribution in [0.4, 0.5) is 21.6 Å². The van der Waals surface area contributed by atoms with E-state index < -0.39 is 22.8 Å². The van der Waals surface area contributed by atoms with Crippen molar-refractivity contribution in [2.75, 3.05) is 5.32 Å². The van der Waals surface area contributed by atoms with Crippen LogP contribution < -0.4 is 15.8 Å². The predicted octanol–water partition coefficient (Wildman–Crippen LogP) is 4.46. The third-order valence-corrected chi connectivity index (χ3v) is 4.09. The summed E-state index contributed by atoms with van der Waals surface area (Å²) in [6, 6.07) is 12.4. The molecule has 4 N–H and O–H groups in total. The standard InChI is InChI=1S/C20H17FN4O5.2ClH/c21-16-10-13(24-19-8-4-14(11-23-19)25(28)29)3-7-18(16)30-15-5-1-12(2-6-15)9-17(22)20(26)27;;/h1-8,10-11,17H,9,22H2,(H,23,24)(H,26,27);2*1H/t17-;;/m0../s1. The van der Waals surface area contributed by atoms with E-state index in [2.05, 4.69) is 10.3 Å². The number of hydrogen-bond donors (Lipinski definition) is 3. The van der Waals surface area contributed by atoms with Gasteiger partial charge in [0.25, 0.3) is 5.69 Å². The van der Waals surface area contributed by atoms with Gasteiger partial charge in [-0.25, -0.2) is 9.37 Å². The van der Waals surface area contributed by atoms with Gasteiger partial charge >= 0.3 is 5.97 Å². The van der Waals surface area contributed by atoms with Crippen LogP contribution in [0.3, 0.4) is 0 Å². The molecule has 9 nitrogen and oxygen atoms in total. The number of nitro groups is 1. The lowest BCUT2D eigenvalue weighted by Crippen LogP contribution is -2.32. The van der Waals surface area contributed by atoms with E-state index in [9.17, 15) is 19.3 Å². The van der Waals surface area contributed by atoms with Crippen LogP contribution in [-0.4, -0.2) is 27.0 Å². The first-order chi connectivity index (χ1) is 14.3. The van der Waals surface area contributed by atoms with Crippen LogP contribution in [0.5, 0.6) is 11.5 Å². The third kappa shape index (κ3) is 7.05. The minimum Gasteiger partial charge on any atom is -0.480 e. The fraction of sp³-hybridized carbons (Fsp3) is 0.100. The van der Waals surface area contributed by atoms with Crippen LogP contribution in [0.15, 0.2) is 60.8 Å². The molecular weight excluding hydrogens is 466 g/mol. The highest BCUT2D eigenvalue weighted by atomic mass is 35.5. The van der Waals surface area contributed by atoms with Crippen molar-refractivity contribution < 1.29 is 24.0 Å². The molecule has 0 saturated heterocycles. The van der Waals surface area contributed by atoms with Gasteiger partial charge in [0, 0.05) is 17.8 Å². The van der Waals surface area contributed by atoms with Gasteiger partial charge in [-0.1, -0.05) is 12.1 Å². The van der Waals surface area contributed by atoms with Gasteiger partial charge in [0.05, 0.1) is 4.92 Å². The first-order valence-corrected chi connectivity index (χ1v) is 8.74. The Hall–Kier alpha value is -3.47. The fourth-order valence-corrected chi connectivity index (χ4v) is 2.54. The van der Waals surface area contributed by atoms with Gasteiger partial charge in [-0.05, 0) is 42.3 Å². The summed E-state index contributed by atoms with van der Waals surface area (Å²) in [5.74, 6) is -1.02. The molecule has 0 aliphatic carbocycles. The van der Waals surface area contributed by atoms with Crippen molar-refractivity contribution in [1.29, 1.82) is 0 Å². The number of nitrogens with one attached hydrogen (secondary N) is 1. The number of aliphatic carboxylic acids is 1. The highest BCUT2D eigenvalue weighted by Crippen LogP contribution is 2.28. The van der Waals surface area contributed by atoms with Crippen LogP contribution in [0.2, 0.25) is 0 Å². The number of halogens is 3. The molecular formula is C20H19Cl2FN4O5. The molecule has 0 aliphatic heterocycles. The van der Waals surface area contributed by atoms with E-state index >= 15 is 0 Å². The largest absolute Gasteiger partial charge is 0.480 e. The Bertz CT molecular complexity index is 1070. The highest BCUT2D eigenvalue weighted by Gasteiger charge is 2.13. The first kappa shape index (κ1) is 26.6. The Labute approximate surface area is 194 Å². The van der Waals surface area contributed by atoms with E-state index in [4.69, 9.17) is 15.6 Å². The van der Waals surface area contributed by atoms with Crippen molar-refractivity contribution in [3.05, 3.63) is 82.3 Å². The average molecular weight is 485 g/mol. The number of aromatic nitrogens is 1. The predicted molar refractivity (Wildman–Crippen MR) is 121 cm³/mol. The Morgan fingerprint density at radius 1 is 1.19 bits per heavy atom. The molecule has 0 amide bonds. The van der Waals surface area contributed by atoms with Crippen LogP contribution in [0.25, 0.3) is 0 Å². The quantitative estimate of drug-likeness (QED) is 0.314. The molecule has 12 heteroatoms. The summed E-state index contributed by atoms with van der Waals surface area (Å²) in [5.41, 5.74) is 6.46. The highest BCUT2D eigenvalue weighted by molar-refractivity contribution is 5.85. The summed E-state index contributed by atoms with van der Waals surface area (Å²) in [4.78, 5) is 24.8. The van der Waals surface area contributed by atoms with Gasteiger partial charge in [0.2, 0.25) is 0 Å². The second-order valence-corrected chi connectivity index (χ2v) is 6.32. The number of nitrogens with zero attached hydrogens (tertiary/aromatic N) is 2. The maximum absolute atomic E-state index is 14.4. The molecule has 2 aromatic carbocycles. The lowest BCUT2D eigenvalue weighted by atomic mass is 10.1. The van der Waals surface area contributed by atoms with Crippen LogP contribution in [0.1, 0.15) is 5.56 Å². The normalized spacial score (nSPS) is 10.8. The van der Waals surface area contributed by atoms with Gasteiger partial charge in [-0.3, -0.25) is 14.9 Å². The molecule has 1 heterocycles. The molecule has 1 atom stereocenters. The second kappa shape index (κ2) is 11.8. The average Bonchev–Trinajstić information content (AvgIpc) is 2.71. The number of carboxylic acid groups (broad SMARTS) is 1. The Morgan fingerprint density at radius 3 is 2.41 bits per heavy atom. The summed E-state index contributed by atoms with van der Waals surface area (Å²) >= 11 is 0. The van der Waals surface area contributed by atoms with Crippen molar-refractivity contribution in [3.63, 3.8) is 0 Å². The van der Waals surface area contributed by atoms with Crippen molar-refractivity contribution >= 4 is 48.0 Å². The summed E-state index contributed by atoms with van der Waals surface area (Å²) in [7, 11) is 0. The molecule has 0 unspecified atom stereocenters. The van der Waals surface area contributed by atoms with Gasteiger partial charge in [0.15, 0.2) is 11.6 Å². The van der Waals surface area contributed by atoms with Gasteiger partial charge in [-0.15, -0.1) is 24.8 Å². The monoisotopic (exact) mass is 484 g/mol. The van der Waals surface area contributed by atoms with Crippen LogP contribution >= 0.6 is 24.8 Å². The number of anilines is 2. The number of pyridine rings is 1. The topological polar surface area (TPSA) is 141 Å². The van der Waals surface area contributed by atoms with Crippen molar-refractivity contribution in [3.8, 4) is 11.5 Å². The smallest absolute Gasteiger partial charge is 0.320 e. The van der Waals surface area contributed by atoms with Gasteiger partial charge in [-0.2, -0.15) is 0 Å². The van der Waals surface area contributed by atoms with Crippen molar-refractivity contribution in [2.45, 2.75) is 12.5 Å². The van der Waals surface area contributed by atoms with E-state index in [0.717, 1.165) is 6.20 Å². The van der Waals surface area contributed by atoms with E-state index in [-0.39, 0.29) is 42.7 Å². The molecule has 3 rings (SSSR count). The fourth-order valence-electron chi connectivity index (χ4n) is 2.54. The van der Waals surface area contributed by atoms with E-state index in [0.29, 0.717) is 22.8 Å². The van der Waals surface area contributed by atoms with Crippen molar-refractivity contribution in [2.24, 2.45) is 5.73 Å². The molecule has 170 valence electrons. The number of carboxylic acids is 1. The van der Waals surface area contributed by atoms with E-state index in [1.54, 1.807) is 30.3 Å². The SMILES string of the molecule is Cl.Cl.N[C@@H](Cc1ccc(Oc2ccc(Nc3ccc([N+](=O)[O-])cn3)cc2F)cc1)C(=O)O. The summed E-state index contributed by atoms with van der Waals surface area (Å²) < 4.78 is 19.9. The molecule has 0 aliphatic rings. The Kier molecular flexibility index (Phi) is 9.79. The lowest BCUT2D eigenvalue weighted by Gasteiger charge is -2.11. The summed E-state index contributed by atoms with van der Waals surface area (Å²) in [6.45, 7) is 0. The van der Waals surface area contributed by atoms with E-state index in [1.807, 2.05) is 0 Å². The third-order valence-electron chi connectivity index (χ3n) is 4.09. The molecule has 32 heavy (non-hydrogen) atoms. The minimum absolute atomic E-state index is 0. The van der Waals surface area contributed by atoms with Crippen LogP contribution in [0, 0.1) is 15.9 Å². The van der Waals surface area contributed by atoms with Gasteiger partial charge in [0.1, 0.15) is 23.8 Å². The summed E-state index contributed by atoms with van der Waals surface area (Å²) in [6.07, 6.45) is 1.27. The van der Waals surface area contributed by atoms with Crippen molar-refractivity contribution in [1.82, 2.24) is 4.98 Å². The molecule has 0 radical (unpaired) electrons. The zero-order chi connectivity index (χ0) is 21.7. The number of nitrogens with two attached hydrogens (primary N) is 1.